The molecule has 0 aliphatic rings. The summed E-state index contributed by atoms with van der Waals surface area (Å²) in [6, 6.07) is 4.65. The van der Waals surface area contributed by atoms with E-state index >= 15 is 0 Å². The van der Waals surface area contributed by atoms with Gasteiger partial charge in [0.15, 0.2) is 9.84 Å². The van der Waals surface area contributed by atoms with Crippen LogP contribution in [0.15, 0.2) is 29.2 Å². The molecule has 1 aromatic carbocycles. The van der Waals surface area contributed by atoms with Crippen LogP contribution >= 0.6 is 0 Å². The molecular formula is C15H21NO8S2. The van der Waals surface area contributed by atoms with Gasteiger partial charge in [0.25, 0.3) is 0 Å². The minimum absolute atomic E-state index is 0.0841. The fourth-order valence-electron chi connectivity index (χ4n) is 1.72. The SMILES string of the molecule is CC(C)(C)OC(=O)c1cccc(S(=O)(=O)NC(C)(C(=O)O)S(C)(=O)=O)c1. The van der Waals surface area contributed by atoms with E-state index in [2.05, 4.69) is 0 Å². The van der Waals surface area contributed by atoms with Crippen molar-refractivity contribution >= 4 is 31.8 Å². The van der Waals surface area contributed by atoms with Gasteiger partial charge >= 0.3 is 11.9 Å². The Morgan fingerprint density at radius 1 is 1.08 bits per heavy atom. The molecule has 9 nitrogen and oxygen atoms in total. The predicted molar refractivity (Wildman–Crippen MR) is 92.8 cm³/mol. The second-order valence-electron chi connectivity index (χ2n) is 6.75. The van der Waals surface area contributed by atoms with Crippen molar-refractivity contribution in [3.63, 3.8) is 0 Å². The van der Waals surface area contributed by atoms with Crippen LogP contribution in [0.5, 0.6) is 0 Å². The highest BCUT2D eigenvalue weighted by atomic mass is 32.2. The lowest BCUT2D eigenvalue weighted by Crippen LogP contribution is -2.57. The maximum absolute atomic E-state index is 12.5. The zero-order valence-electron chi connectivity index (χ0n) is 14.9. The molecule has 0 saturated heterocycles. The number of benzene rings is 1. The van der Waals surface area contributed by atoms with Gasteiger partial charge in [-0.05, 0) is 45.9 Å². The van der Waals surface area contributed by atoms with Crippen molar-refractivity contribution in [2.24, 2.45) is 0 Å². The molecule has 1 unspecified atom stereocenters. The first-order chi connectivity index (χ1) is 11.5. The van der Waals surface area contributed by atoms with Crippen molar-refractivity contribution in [2.45, 2.75) is 43.1 Å². The van der Waals surface area contributed by atoms with Crippen molar-refractivity contribution < 1.29 is 36.3 Å². The van der Waals surface area contributed by atoms with Gasteiger partial charge in [-0.1, -0.05) is 6.07 Å². The Kier molecular flexibility index (Phi) is 5.91. The van der Waals surface area contributed by atoms with Gasteiger partial charge in [-0.3, -0.25) is 0 Å². The number of esters is 1. The van der Waals surface area contributed by atoms with Gasteiger partial charge in [0.1, 0.15) is 5.60 Å². The maximum atomic E-state index is 12.5. The van der Waals surface area contributed by atoms with Crippen molar-refractivity contribution in [2.75, 3.05) is 6.26 Å². The van der Waals surface area contributed by atoms with E-state index in [-0.39, 0.29) is 5.56 Å². The second-order valence-corrected chi connectivity index (χ2v) is 10.8. The lowest BCUT2D eigenvalue weighted by molar-refractivity contribution is -0.140. The Morgan fingerprint density at radius 3 is 2.04 bits per heavy atom. The van der Waals surface area contributed by atoms with Crippen molar-refractivity contribution in [3.05, 3.63) is 29.8 Å². The number of sulfonamides is 1. The van der Waals surface area contributed by atoms with E-state index in [1.807, 2.05) is 0 Å². The molecule has 11 heteroatoms. The number of nitrogens with one attached hydrogen (secondary N) is 1. The predicted octanol–water partition coefficient (Wildman–Crippen LogP) is 0.766. The van der Waals surface area contributed by atoms with Crippen LogP contribution < -0.4 is 4.72 Å². The first-order valence-corrected chi connectivity index (χ1v) is 10.7. The highest BCUT2D eigenvalue weighted by molar-refractivity contribution is 7.95. The van der Waals surface area contributed by atoms with E-state index in [4.69, 9.17) is 9.84 Å². The molecule has 0 aliphatic heterocycles. The summed E-state index contributed by atoms with van der Waals surface area (Å²) in [7, 11) is -8.90. The summed E-state index contributed by atoms with van der Waals surface area (Å²) in [5, 5.41) is 9.17. The van der Waals surface area contributed by atoms with Gasteiger partial charge in [0, 0.05) is 6.26 Å². The number of hydrogen-bond acceptors (Lipinski definition) is 7. The largest absolute Gasteiger partial charge is 0.479 e. The Morgan fingerprint density at radius 2 is 1.62 bits per heavy atom. The van der Waals surface area contributed by atoms with Crippen LogP contribution in [-0.4, -0.2) is 50.6 Å². The van der Waals surface area contributed by atoms with E-state index in [1.54, 1.807) is 25.5 Å². The number of carboxylic acid groups (broad SMARTS) is 1. The van der Waals surface area contributed by atoms with Crippen LogP contribution in [0.25, 0.3) is 0 Å². The van der Waals surface area contributed by atoms with Crippen LogP contribution in [0.2, 0.25) is 0 Å². The zero-order chi connectivity index (χ0) is 20.6. The molecule has 146 valence electrons. The molecule has 1 rings (SSSR count). The zero-order valence-corrected chi connectivity index (χ0v) is 16.6. The molecule has 0 fully saturated rings. The van der Waals surface area contributed by atoms with Gasteiger partial charge < -0.3 is 9.84 Å². The Labute approximate surface area is 152 Å². The summed E-state index contributed by atoms with van der Waals surface area (Å²) in [6.45, 7) is 5.63. The van der Waals surface area contributed by atoms with Crippen molar-refractivity contribution in [1.82, 2.24) is 4.72 Å². The molecule has 0 amide bonds. The molecule has 26 heavy (non-hydrogen) atoms. The average Bonchev–Trinajstić information content (AvgIpc) is 2.43. The number of rotatable bonds is 6. The summed E-state index contributed by atoms with van der Waals surface area (Å²) in [5.41, 5.74) is -0.887. The summed E-state index contributed by atoms with van der Waals surface area (Å²) >= 11 is 0. The summed E-state index contributed by atoms with van der Waals surface area (Å²) in [6.07, 6.45) is 0.598. The van der Waals surface area contributed by atoms with Crippen LogP contribution in [-0.2, 0) is 29.4 Å². The van der Waals surface area contributed by atoms with Gasteiger partial charge in [0.05, 0.1) is 10.5 Å². The first-order valence-electron chi connectivity index (χ1n) is 7.30. The lowest BCUT2D eigenvalue weighted by atomic mass is 10.2. The normalized spacial score (nSPS) is 15.1. The van der Waals surface area contributed by atoms with E-state index in [1.165, 1.54) is 12.1 Å². The van der Waals surface area contributed by atoms with Gasteiger partial charge in [-0.25, -0.2) is 26.4 Å². The molecule has 0 radical (unpaired) electrons. The number of ether oxygens (including phenoxy) is 1. The number of carboxylic acids is 1. The number of hydrogen-bond donors (Lipinski definition) is 2. The van der Waals surface area contributed by atoms with E-state index in [0.717, 1.165) is 19.1 Å². The monoisotopic (exact) mass is 407 g/mol. The minimum Gasteiger partial charge on any atom is -0.479 e. The van der Waals surface area contributed by atoms with E-state index in [0.29, 0.717) is 6.26 Å². The van der Waals surface area contributed by atoms with Gasteiger partial charge in [-0.15, -0.1) is 0 Å². The van der Waals surface area contributed by atoms with Gasteiger partial charge in [-0.2, -0.15) is 4.72 Å². The minimum atomic E-state index is -4.56. The third-order valence-electron chi connectivity index (χ3n) is 3.26. The molecule has 2 N–H and O–H groups in total. The summed E-state index contributed by atoms with van der Waals surface area (Å²) < 4.78 is 55.3. The van der Waals surface area contributed by atoms with Gasteiger partial charge in [0.2, 0.25) is 14.9 Å². The number of carbonyl (C=O) groups is 2. The van der Waals surface area contributed by atoms with Crippen molar-refractivity contribution in [3.8, 4) is 0 Å². The molecule has 1 atom stereocenters. The third-order valence-corrected chi connectivity index (χ3v) is 6.70. The third kappa shape index (κ3) is 5.02. The molecule has 0 spiro atoms. The fraction of sp³-hybridized carbons (Fsp3) is 0.467. The Bertz CT molecular complexity index is 929. The average molecular weight is 407 g/mol. The molecular weight excluding hydrogens is 386 g/mol. The van der Waals surface area contributed by atoms with Crippen LogP contribution in [0.4, 0.5) is 0 Å². The Hall–Kier alpha value is -1.98. The topological polar surface area (TPSA) is 144 Å². The van der Waals surface area contributed by atoms with Crippen LogP contribution in [0, 0.1) is 0 Å². The van der Waals surface area contributed by atoms with Crippen LogP contribution in [0.3, 0.4) is 0 Å². The molecule has 0 aromatic heterocycles. The molecule has 0 heterocycles. The smallest absolute Gasteiger partial charge is 0.340 e. The molecule has 0 bridgehead atoms. The van der Waals surface area contributed by atoms with Crippen molar-refractivity contribution in [1.29, 1.82) is 0 Å². The standard InChI is InChI=1S/C15H21NO8S2/c1-14(2,3)24-12(17)10-7-6-8-11(9-10)26(22,23)16-15(4,13(18)19)25(5,20)21/h6-9,16H,1-5H3,(H,18,19). The van der Waals surface area contributed by atoms with E-state index in [9.17, 15) is 26.4 Å². The Balaban J connectivity index is 3.32. The summed E-state index contributed by atoms with van der Waals surface area (Å²) in [5.74, 6) is -2.66. The highest BCUT2D eigenvalue weighted by Crippen LogP contribution is 2.20. The molecule has 0 saturated carbocycles. The highest BCUT2D eigenvalue weighted by Gasteiger charge is 2.47. The molecule has 1 aromatic rings. The second kappa shape index (κ2) is 6.97. The number of sulfone groups is 1. The van der Waals surface area contributed by atoms with Crippen LogP contribution in [0.1, 0.15) is 38.1 Å². The molecule has 0 aliphatic carbocycles. The number of carbonyl (C=O) groups excluding carboxylic acids is 1. The lowest BCUT2D eigenvalue weighted by Gasteiger charge is -2.24. The fourth-order valence-corrected chi connectivity index (χ4v) is 4.23. The van der Waals surface area contributed by atoms with E-state index < -0.39 is 47.2 Å². The summed E-state index contributed by atoms with van der Waals surface area (Å²) in [4.78, 5) is 20.1. The number of aliphatic carboxylic acids is 1. The first kappa shape index (κ1) is 22.1. The quantitative estimate of drug-likeness (QED) is 0.658. The maximum Gasteiger partial charge on any atom is 0.340 e.